The number of nitriles is 2. The lowest BCUT2D eigenvalue weighted by Gasteiger charge is -2.38. The minimum absolute atomic E-state index is 0.0148. The van der Waals surface area contributed by atoms with Gasteiger partial charge in [-0.3, -0.25) is 43.8 Å². The van der Waals surface area contributed by atoms with Gasteiger partial charge in [-0.2, -0.15) is 10.5 Å². The Kier molecular flexibility index (Phi) is 53.2. The predicted octanol–water partition coefficient (Wildman–Crippen LogP) is 13.5. The SMILES string of the molecule is CCCN1CC[C@H](OC(=O)CCC(C)=O)[C@@H]1CC.CCCN1CC[C@H](OP(OCCC#N)N(C(C)C)C(C)C)[C@@H]1CC.CCCN1C[C@@H](CC)[C@@H](OC(=O)CCC(C)=O)C1.CCCN1C[C@@H](CC)[C@@H](OP(OCCC#N)C(N(C)C)N(C)C)C1.CCCN1C[C@@H](CC)[C@H](OC(=O)CCC(C)=O)C1. The van der Waals surface area contributed by atoms with E-state index in [1.807, 2.05) is 28.2 Å². The van der Waals surface area contributed by atoms with E-state index in [0.29, 0.717) is 87.2 Å². The minimum Gasteiger partial charge on any atom is -0.461 e. The van der Waals surface area contributed by atoms with E-state index in [9.17, 15) is 28.8 Å². The van der Waals surface area contributed by atoms with Gasteiger partial charge in [0.1, 0.15) is 41.6 Å². The maximum Gasteiger partial charge on any atom is 0.306 e. The van der Waals surface area contributed by atoms with Crippen molar-refractivity contribution < 1.29 is 61.1 Å². The Morgan fingerprint density at radius 2 is 0.784 bits per heavy atom. The van der Waals surface area contributed by atoms with Crippen molar-refractivity contribution in [3.63, 3.8) is 0 Å². The maximum atomic E-state index is 11.6. The van der Waals surface area contributed by atoms with E-state index < -0.39 is 16.9 Å². The molecule has 0 radical (unpaired) electrons. The van der Waals surface area contributed by atoms with E-state index in [2.05, 4.69) is 148 Å². The normalized spacial score (nSPS) is 23.8. The van der Waals surface area contributed by atoms with Crippen LogP contribution >= 0.6 is 16.9 Å². The van der Waals surface area contributed by atoms with E-state index in [1.54, 1.807) is 0 Å². The van der Waals surface area contributed by atoms with Crippen molar-refractivity contribution >= 4 is 52.2 Å². The first-order valence-corrected chi connectivity index (χ1v) is 41.7. The Morgan fingerprint density at radius 1 is 0.441 bits per heavy atom. The minimum atomic E-state index is -1.13. The Labute approximate surface area is 622 Å². The lowest BCUT2D eigenvalue weighted by Crippen LogP contribution is -2.41. The number of hydrogen-bond acceptors (Lipinski definition) is 23. The number of rotatable bonds is 43. The van der Waals surface area contributed by atoms with Gasteiger partial charge in [-0.15, -0.1) is 0 Å². The van der Waals surface area contributed by atoms with E-state index in [-0.39, 0.29) is 90.9 Å². The average molecular weight is 1480 g/mol. The predicted molar refractivity (Wildman–Crippen MR) is 411 cm³/mol. The van der Waals surface area contributed by atoms with Crippen molar-refractivity contribution in [3.8, 4) is 12.1 Å². The summed E-state index contributed by atoms with van der Waals surface area (Å²) in [6, 6.07) is 5.85. The molecule has 0 aromatic heterocycles. The van der Waals surface area contributed by atoms with Gasteiger partial charge in [0.25, 0.3) is 8.53 Å². The second-order valence-corrected chi connectivity index (χ2v) is 32.1. The third-order valence-corrected chi connectivity index (χ3v) is 23.6. The summed E-state index contributed by atoms with van der Waals surface area (Å²) in [5.41, 5.74) is 0. The number of ketones is 3. The molecule has 0 amide bonds. The quantitative estimate of drug-likeness (QED) is 0.0181. The third-order valence-electron chi connectivity index (χ3n) is 19.2. The van der Waals surface area contributed by atoms with Crippen LogP contribution in [0.3, 0.4) is 0 Å². The van der Waals surface area contributed by atoms with Gasteiger partial charge in [0.05, 0.1) is 69.7 Å². The average Bonchev–Trinajstić information content (AvgIpc) is 1.78. The Hall–Kier alpha value is -3.22. The van der Waals surface area contributed by atoms with E-state index >= 15 is 0 Å². The number of carbonyl (C=O) groups excluding carboxylic acids is 6. The van der Waals surface area contributed by atoms with Gasteiger partial charge in [0.15, 0.2) is 0 Å². The van der Waals surface area contributed by atoms with Crippen LogP contribution in [0.1, 0.15) is 246 Å². The summed E-state index contributed by atoms with van der Waals surface area (Å²) in [6.45, 7) is 49.4. The van der Waals surface area contributed by atoms with Crippen LogP contribution in [0, 0.1) is 40.4 Å². The molecule has 5 fully saturated rings. The molecular formula is C77H146N10O13P2. The van der Waals surface area contributed by atoms with Gasteiger partial charge < -0.3 is 51.6 Å². The van der Waals surface area contributed by atoms with Crippen molar-refractivity contribution in [3.05, 3.63) is 0 Å². The number of nitrogens with zero attached hydrogens (tertiary/aromatic N) is 10. The summed E-state index contributed by atoms with van der Waals surface area (Å²) >= 11 is 0. The Bertz CT molecular complexity index is 2230. The van der Waals surface area contributed by atoms with E-state index in [0.717, 1.165) is 149 Å². The fourth-order valence-electron chi connectivity index (χ4n) is 14.3. The molecule has 5 heterocycles. The molecule has 0 aromatic rings. The first-order chi connectivity index (χ1) is 48.6. The smallest absolute Gasteiger partial charge is 0.306 e. The van der Waals surface area contributed by atoms with Crippen molar-refractivity contribution in [2.45, 2.75) is 307 Å². The van der Waals surface area contributed by atoms with Gasteiger partial charge in [0.2, 0.25) is 8.38 Å². The fraction of sp³-hybridized carbons (Fsp3) is 0.896. The van der Waals surface area contributed by atoms with Crippen LogP contribution in [0.25, 0.3) is 0 Å². The number of Topliss-reactive ketones (excluding diaryl/α,β-unsaturated/α-hetero) is 3. The van der Waals surface area contributed by atoms with Crippen LogP contribution in [-0.4, -0.2) is 261 Å². The van der Waals surface area contributed by atoms with E-state index in [4.69, 9.17) is 42.8 Å². The van der Waals surface area contributed by atoms with Gasteiger partial charge in [-0.05, 0) is 192 Å². The molecule has 5 rings (SSSR count). The molecule has 102 heavy (non-hydrogen) atoms. The maximum absolute atomic E-state index is 11.6. The number of likely N-dealkylation sites (tertiary alicyclic amines) is 5. The van der Waals surface area contributed by atoms with Crippen LogP contribution < -0.4 is 0 Å². The molecule has 12 atom stereocenters. The molecule has 23 nitrogen and oxygen atoms in total. The first-order valence-electron chi connectivity index (χ1n) is 39.4. The van der Waals surface area contributed by atoms with Crippen LogP contribution in [0.4, 0.5) is 0 Å². The van der Waals surface area contributed by atoms with Crippen molar-refractivity contribution in [2.75, 3.05) is 126 Å². The zero-order chi connectivity index (χ0) is 76.9. The molecule has 592 valence electrons. The summed E-state index contributed by atoms with van der Waals surface area (Å²) in [5.74, 6) is 0.957. The number of ether oxygens (including phenoxy) is 3. The summed E-state index contributed by atoms with van der Waals surface area (Å²) in [7, 11) is 5.95. The van der Waals surface area contributed by atoms with Crippen molar-refractivity contribution in [1.82, 2.24) is 39.0 Å². The molecule has 25 heteroatoms. The van der Waals surface area contributed by atoms with Gasteiger partial charge in [0, 0.05) is 108 Å². The first kappa shape index (κ1) is 96.8. The van der Waals surface area contributed by atoms with Gasteiger partial charge in [-0.1, -0.05) is 69.2 Å². The highest BCUT2D eigenvalue weighted by Gasteiger charge is 2.41. The fourth-order valence-corrected chi connectivity index (χ4v) is 17.9. The highest BCUT2D eigenvalue weighted by Crippen LogP contribution is 2.50. The second kappa shape index (κ2) is 56.1. The number of esters is 3. The molecular weight excluding hydrogens is 1330 g/mol. The van der Waals surface area contributed by atoms with Crippen LogP contribution in [0.2, 0.25) is 0 Å². The molecule has 0 spiro atoms. The standard InChI is InChI=1S/C18H36N3O2P.C17H35N4O2P.3C14H25NO3/c1-7-12-20-13-10-18(17(20)8-2)23-24(22-14-9-11-19)21(15(3)4)16(5)6;1-7-11-21-13-15(8-2)16(14-21)23-24(22-12-9-10-18)17(19(3)4)20(5)6;1-4-9-15-10-8-13(12(15)5-2)18-14(17)7-6-11(3)16;2*1-4-8-15-9-12(5-2)13(10-15)18-14(17)7-6-11(3)16/h15-18H,7-10,12-14H2,1-6H3;15-17H,7-9,11-14H2,1-6H3;3*12-13H,4-10H2,1-3H3/t17-,18-,24?;15-,16+,24?;12-,13-;12-,13+;12-,13-/m01011/s1. The Morgan fingerprint density at radius 3 is 1.12 bits per heavy atom. The molecule has 5 saturated heterocycles. The molecule has 0 aromatic carbocycles. The van der Waals surface area contributed by atoms with Crippen molar-refractivity contribution in [1.29, 1.82) is 10.5 Å². The van der Waals surface area contributed by atoms with Gasteiger partial charge in [-0.25, -0.2) is 4.67 Å². The van der Waals surface area contributed by atoms with Crippen molar-refractivity contribution in [2.24, 2.45) is 17.8 Å². The number of carbonyl (C=O) groups is 6. The number of hydrogen-bond donors (Lipinski definition) is 0. The largest absolute Gasteiger partial charge is 0.461 e. The Balaban J connectivity index is 0.000000642. The molecule has 0 saturated carbocycles. The molecule has 2 unspecified atom stereocenters. The van der Waals surface area contributed by atoms with Crippen LogP contribution in [0.15, 0.2) is 0 Å². The molecule has 5 aliphatic heterocycles. The highest BCUT2D eigenvalue weighted by molar-refractivity contribution is 7.48. The zero-order valence-corrected chi connectivity index (χ0v) is 69.7. The summed E-state index contributed by atoms with van der Waals surface area (Å²) in [5, 5.41) is 17.6. The lowest BCUT2D eigenvalue weighted by molar-refractivity contribution is -0.151. The van der Waals surface area contributed by atoms with Crippen LogP contribution in [-0.2, 0) is 61.1 Å². The summed E-state index contributed by atoms with van der Waals surface area (Å²) < 4.78 is 44.0. The zero-order valence-electron chi connectivity index (χ0n) is 67.9. The highest BCUT2D eigenvalue weighted by atomic mass is 31.2. The molecule has 5 aliphatic rings. The summed E-state index contributed by atoms with van der Waals surface area (Å²) in [4.78, 5) is 83.8. The summed E-state index contributed by atoms with van der Waals surface area (Å²) in [6.07, 6.45) is 15.9. The van der Waals surface area contributed by atoms with Crippen LogP contribution in [0.5, 0.6) is 0 Å². The molecule has 0 N–H and O–H groups in total. The second-order valence-electron chi connectivity index (χ2n) is 29.2. The third kappa shape index (κ3) is 38.0. The van der Waals surface area contributed by atoms with Gasteiger partial charge >= 0.3 is 17.9 Å². The molecule has 0 bridgehead atoms. The van der Waals surface area contributed by atoms with E-state index in [1.165, 1.54) is 33.6 Å². The monoisotopic (exact) mass is 1480 g/mol. The molecule has 0 aliphatic carbocycles. The topological polar surface area (TPSA) is 241 Å². The lowest BCUT2D eigenvalue weighted by atomic mass is 10.0.